The Labute approximate surface area is 106 Å². The lowest BCUT2D eigenvalue weighted by molar-refractivity contribution is -0.248. The van der Waals surface area contributed by atoms with E-state index >= 15 is 0 Å². The Morgan fingerprint density at radius 3 is 2.11 bits per heavy atom. The maximum atomic E-state index is 12.6. The summed E-state index contributed by atoms with van der Waals surface area (Å²) >= 11 is 0. The highest BCUT2D eigenvalue weighted by Crippen LogP contribution is 2.24. The van der Waals surface area contributed by atoms with E-state index in [2.05, 4.69) is 4.90 Å². The second-order valence-electron chi connectivity index (χ2n) is 4.60. The fourth-order valence-corrected chi connectivity index (χ4v) is 2.28. The van der Waals surface area contributed by atoms with Crippen molar-refractivity contribution in [1.29, 1.82) is 0 Å². The molecule has 0 saturated carbocycles. The summed E-state index contributed by atoms with van der Waals surface area (Å²) in [7, 11) is 4.67. The molecule has 4 nitrogen and oxygen atoms in total. The fraction of sp³-hybridized carbons (Fsp3) is 1.00. The van der Waals surface area contributed by atoms with Crippen LogP contribution in [0.1, 0.15) is 12.8 Å². The van der Waals surface area contributed by atoms with Gasteiger partial charge in [-0.15, -0.1) is 0 Å². The van der Waals surface area contributed by atoms with E-state index in [-0.39, 0.29) is 6.04 Å². The van der Waals surface area contributed by atoms with Crippen molar-refractivity contribution in [3.8, 4) is 0 Å². The van der Waals surface area contributed by atoms with Gasteiger partial charge in [-0.2, -0.15) is 13.2 Å². The average Bonchev–Trinajstić information content (AvgIpc) is 2.29. The van der Waals surface area contributed by atoms with Crippen LogP contribution in [0.4, 0.5) is 13.2 Å². The summed E-state index contributed by atoms with van der Waals surface area (Å²) in [5.74, 6) is 0. The molecule has 1 saturated heterocycles. The molecule has 0 spiro atoms. The van der Waals surface area contributed by atoms with E-state index in [4.69, 9.17) is 9.47 Å². The number of hydrogen-bond acceptors (Lipinski definition) is 4. The summed E-state index contributed by atoms with van der Waals surface area (Å²) < 4.78 is 47.8. The van der Waals surface area contributed by atoms with E-state index in [9.17, 15) is 13.2 Å². The predicted molar refractivity (Wildman–Crippen MR) is 61.1 cm³/mol. The first-order valence-corrected chi connectivity index (χ1v) is 5.94. The van der Waals surface area contributed by atoms with Gasteiger partial charge < -0.3 is 14.4 Å². The van der Waals surface area contributed by atoms with Gasteiger partial charge in [0.25, 0.3) is 0 Å². The van der Waals surface area contributed by atoms with Crippen LogP contribution in [0.25, 0.3) is 0 Å². The molecule has 0 aromatic carbocycles. The number of hydrogen-bond donors (Lipinski definition) is 0. The van der Waals surface area contributed by atoms with Crippen molar-refractivity contribution in [2.24, 2.45) is 0 Å². The lowest BCUT2D eigenvalue weighted by Crippen LogP contribution is -2.52. The van der Waals surface area contributed by atoms with Crippen molar-refractivity contribution >= 4 is 0 Å². The first-order chi connectivity index (χ1) is 8.37. The molecule has 1 aliphatic heterocycles. The van der Waals surface area contributed by atoms with Gasteiger partial charge >= 0.3 is 6.18 Å². The molecule has 1 aliphatic rings. The molecule has 0 aliphatic carbocycles. The van der Waals surface area contributed by atoms with E-state index in [1.165, 1.54) is 19.1 Å². The van der Waals surface area contributed by atoms with Crippen LogP contribution in [0, 0.1) is 0 Å². The lowest BCUT2D eigenvalue weighted by Gasteiger charge is -2.40. The van der Waals surface area contributed by atoms with Gasteiger partial charge in [-0.25, -0.2) is 4.90 Å². The van der Waals surface area contributed by atoms with Crippen LogP contribution in [-0.4, -0.2) is 69.3 Å². The van der Waals surface area contributed by atoms with Gasteiger partial charge in [-0.05, 0) is 33.0 Å². The van der Waals surface area contributed by atoms with Crippen LogP contribution < -0.4 is 0 Å². The molecule has 1 fully saturated rings. The van der Waals surface area contributed by atoms with E-state index < -0.39 is 19.1 Å². The van der Waals surface area contributed by atoms with Gasteiger partial charge in [0, 0.05) is 20.3 Å². The number of piperidine rings is 1. The summed E-state index contributed by atoms with van der Waals surface area (Å²) in [6.45, 7) is 0.575. The molecule has 18 heavy (non-hydrogen) atoms. The van der Waals surface area contributed by atoms with Gasteiger partial charge in [0.2, 0.25) is 6.41 Å². The van der Waals surface area contributed by atoms with Gasteiger partial charge in [-0.1, -0.05) is 0 Å². The molecule has 1 rings (SSSR count). The van der Waals surface area contributed by atoms with Gasteiger partial charge in [0.05, 0.1) is 6.54 Å². The number of methoxy groups -OCH3 is 2. The maximum Gasteiger partial charge on any atom is 0.401 e. The number of alkyl halides is 3. The minimum absolute atomic E-state index is 0.160. The van der Waals surface area contributed by atoms with Crippen molar-refractivity contribution in [2.45, 2.75) is 31.5 Å². The minimum atomic E-state index is -4.25. The first-order valence-electron chi connectivity index (χ1n) is 5.94. The topological polar surface area (TPSA) is 24.9 Å². The first kappa shape index (κ1) is 15.7. The largest absolute Gasteiger partial charge is 0.401 e. The Hall–Kier alpha value is -0.370. The molecule has 108 valence electrons. The fourth-order valence-electron chi connectivity index (χ4n) is 2.28. The van der Waals surface area contributed by atoms with Crippen molar-refractivity contribution in [2.75, 3.05) is 40.9 Å². The monoisotopic (exact) mass is 270 g/mol. The lowest BCUT2D eigenvalue weighted by atomic mass is 10.0. The van der Waals surface area contributed by atoms with Crippen molar-refractivity contribution in [3.05, 3.63) is 0 Å². The molecule has 0 unspecified atom stereocenters. The predicted octanol–water partition coefficient (Wildman–Crippen LogP) is 1.52. The zero-order valence-corrected chi connectivity index (χ0v) is 11.0. The molecular weight excluding hydrogens is 249 g/mol. The number of ether oxygens (including phenoxy) is 2. The highest BCUT2D eigenvalue weighted by atomic mass is 19.4. The highest BCUT2D eigenvalue weighted by molar-refractivity contribution is 4.80. The molecule has 0 aromatic heterocycles. The van der Waals surface area contributed by atoms with Crippen LogP contribution >= 0.6 is 0 Å². The molecule has 0 aromatic rings. The van der Waals surface area contributed by atoms with Crippen molar-refractivity contribution in [3.63, 3.8) is 0 Å². The molecular formula is C11H21F3N2O2. The summed E-state index contributed by atoms with van der Waals surface area (Å²) in [5.41, 5.74) is 0. The third kappa shape index (κ3) is 4.72. The Morgan fingerprint density at radius 1 is 1.22 bits per heavy atom. The van der Waals surface area contributed by atoms with Gasteiger partial charge in [0.15, 0.2) is 0 Å². The van der Waals surface area contributed by atoms with Crippen molar-refractivity contribution < 1.29 is 22.6 Å². The SMILES string of the molecule is COC(OC)N(CC(F)(F)F)C1CCN(C)CC1. The molecule has 7 heteroatoms. The van der Waals surface area contributed by atoms with Crippen LogP contribution in [0.5, 0.6) is 0 Å². The standard InChI is InChI=1S/C11H21F3N2O2/c1-15-6-4-9(5-7-15)16(8-11(12,13)14)10(17-2)18-3/h9-10H,4-8H2,1-3H3. The number of rotatable bonds is 5. The number of halogens is 3. The van der Waals surface area contributed by atoms with E-state index in [0.29, 0.717) is 12.8 Å². The minimum Gasteiger partial charge on any atom is -0.343 e. The van der Waals surface area contributed by atoms with Crippen LogP contribution in [0.15, 0.2) is 0 Å². The Kier molecular flexibility index (Phi) is 5.84. The molecule has 0 N–H and O–H groups in total. The van der Waals surface area contributed by atoms with E-state index in [1.54, 1.807) is 0 Å². The zero-order valence-electron chi connectivity index (χ0n) is 11.0. The molecule has 0 atom stereocenters. The van der Waals surface area contributed by atoms with E-state index in [1.807, 2.05) is 7.05 Å². The second kappa shape index (κ2) is 6.70. The van der Waals surface area contributed by atoms with Gasteiger partial charge in [-0.3, -0.25) is 0 Å². The summed E-state index contributed by atoms with van der Waals surface area (Å²) in [6, 6.07) is -0.160. The summed E-state index contributed by atoms with van der Waals surface area (Å²) in [6.07, 6.45) is -3.82. The zero-order chi connectivity index (χ0) is 13.8. The molecule has 0 amide bonds. The summed E-state index contributed by atoms with van der Waals surface area (Å²) in [5, 5.41) is 0. The Bertz CT molecular complexity index is 239. The average molecular weight is 270 g/mol. The molecule has 0 radical (unpaired) electrons. The molecule has 1 heterocycles. The second-order valence-corrected chi connectivity index (χ2v) is 4.60. The maximum absolute atomic E-state index is 12.6. The van der Waals surface area contributed by atoms with Crippen LogP contribution in [0.3, 0.4) is 0 Å². The van der Waals surface area contributed by atoms with Crippen LogP contribution in [-0.2, 0) is 9.47 Å². The third-order valence-corrected chi connectivity index (χ3v) is 3.19. The summed E-state index contributed by atoms with van der Waals surface area (Å²) in [4.78, 5) is 3.36. The number of likely N-dealkylation sites (tertiary alicyclic amines) is 1. The smallest absolute Gasteiger partial charge is 0.343 e. The van der Waals surface area contributed by atoms with Crippen molar-refractivity contribution in [1.82, 2.24) is 9.80 Å². The van der Waals surface area contributed by atoms with Crippen LogP contribution in [0.2, 0.25) is 0 Å². The quantitative estimate of drug-likeness (QED) is 0.707. The third-order valence-electron chi connectivity index (χ3n) is 3.19. The normalized spacial score (nSPS) is 20.0. The van der Waals surface area contributed by atoms with E-state index in [0.717, 1.165) is 13.1 Å². The Morgan fingerprint density at radius 2 is 1.72 bits per heavy atom. The highest BCUT2D eigenvalue weighted by Gasteiger charge is 2.38. The number of nitrogens with zero attached hydrogens (tertiary/aromatic N) is 2. The Balaban J connectivity index is 2.70. The van der Waals surface area contributed by atoms with Gasteiger partial charge in [0.1, 0.15) is 0 Å². The molecule has 0 bridgehead atoms.